The maximum Gasteiger partial charge on any atom is 0.0729 e. The second-order valence-corrected chi connectivity index (χ2v) is 4.57. The van der Waals surface area contributed by atoms with Crippen LogP contribution in [0.4, 0.5) is 0 Å². The highest BCUT2D eigenvalue weighted by atomic mass is 16.5. The van der Waals surface area contributed by atoms with Gasteiger partial charge in [-0.1, -0.05) is 20.8 Å². The van der Waals surface area contributed by atoms with E-state index in [0.29, 0.717) is 12.0 Å². The SMILES string of the molecule is CCC(C)(C)OC(CNC)C(C)C. The summed E-state index contributed by atoms with van der Waals surface area (Å²) in [4.78, 5) is 0. The molecule has 0 bridgehead atoms. The standard InChI is InChI=1S/C11H25NO/c1-7-11(4,5)13-10(8-12-6)9(2)3/h9-10,12H,7-8H2,1-6H3. The molecule has 0 saturated heterocycles. The molecule has 0 aromatic heterocycles. The predicted octanol–water partition coefficient (Wildman–Crippen LogP) is 2.44. The van der Waals surface area contributed by atoms with Crippen LogP contribution in [0.1, 0.15) is 41.0 Å². The molecule has 0 aromatic carbocycles. The van der Waals surface area contributed by atoms with Crippen LogP contribution in [0.5, 0.6) is 0 Å². The molecule has 0 aliphatic heterocycles. The van der Waals surface area contributed by atoms with Crippen molar-refractivity contribution < 1.29 is 4.74 Å². The molecule has 2 nitrogen and oxygen atoms in total. The van der Waals surface area contributed by atoms with Gasteiger partial charge in [0.2, 0.25) is 0 Å². The first-order valence-electron chi connectivity index (χ1n) is 5.25. The molecule has 0 heterocycles. The fourth-order valence-corrected chi connectivity index (χ4v) is 1.11. The molecular weight excluding hydrogens is 162 g/mol. The Morgan fingerprint density at radius 1 is 1.31 bits per heavy atom. The van der Waals surface area contributed by atoms with Crippen molar-refractivity contribution in [2.24, 2.45) is 5.92 Å². The van der Waals surface area contributed by atoms with E-state index < -0.39 is 0 Å². The Labute approximate surface area is 83.1 Å². The molecule has 1 atom stereocenters. The Morgan fingerprint density at radius 2 is 1.85 bits per heavy atom. The van der Waals surface area contributed by atoms with Gasteiger partial charge in [-0.3, -0.25) is 0 Å². The van der Waals surface area contributed by atoms with E-state index in [1.165, 1.54) is 0 Å². The van der Waals surface area contributed by atoms with Crippen molar-refractivity contribution in [1.82, 2.24) is 5.32 Å². The normalized spacial score (nSPS) is 15.0. The van der Waals surface area contributed by atoms with Gasteiger partial charge in [0.25, 0.3) is 0 Å². The minimum Gasteiger partial charge on any atom is -0.371 e. The van der Waals surface area contributed by atoms with Crippen LogP contribution in [0.25, 0.3) is 0 Å². The third-order valence-electron chi connectivity index (χ3n) is 2.47. The van der Waals surface area contributed by atoms with Crippen molar-refractivity contribution >= 4 is 0 Å². The van der Waals surface area contributed by atoms with Crippen LogP contribution >= 0.6 is 0 Å². The molecule has 0 aromatic rings. The van der Waals surface area contributed by atoms with Crippen LogP contribution < -0.4 is 5.32 Å². The number of likely N-dealkylation sites (N-methyl/N-ethyl adjacent to an activating group) is 1. The summed E-state index contributed by atoms with van der Waals surface area (Å²) in [6.45, 7) is 11.8. The lowest BCUT2D eigenvalue weighted by atomic mass is 10.0. The molecule has 0 saturated carbocycles. The van der Waals surface area contributed by atoms with Crippen molar-refractivity contribution in [2.75, 3.05) is 13.6 Å². The Hall–Kier alpha value is -0.0800. The summed E-state index contributed by atoms with van der Waals surface area (Å²) in [7, 11) is 1.97. The summed E-state index contributed by atoms with van der Waals surface area (Å²) in [6.07, 6.45) is 1.37. The van der Waals surface area contributed by atoms with Gasteiger partial charge in [-0.05, 0) is 33.2 Å². The van der Waals surface area contributed by atoms with E-state index in [1.54, 1.807) is 0 Å². The third-order valence-corrected chi connectivity index (χ3v) is 2.47. The number of nitrogens with one attached hydrogen (secondary N) is 1. The number of hydrogen-bond acceptors (Lipinski definition) is 2. The zero-order valence-electron chi connectivity index (χ0n) is 9.98. The fourth-order valence-electron chi connectivity index (χ4n) is 1.11. The molecule has 0 aliphatic rings. The Balaban J connectivity index is 4.08. The van der Waals surface area contributed by atoms with Gasteiger partial charge in [0.1, 0.15) is 0 Å². The zero-order chi connectivity index (χ0) is 10.5. The molecule has 2 heteroatoms. The number of hydrogen-bond donors (Lipinski definition) is 1. The van der Waals surface area contributed by atoms with Crippen LogP contribution in [0, 0.1) is 5.92 Å². The molecule has 0 spiro atoms. The van der Waals surface area contributed by atoms with Crippen molar-refractivity contribution in [3.05, 3.63) is 0 Å². The van der Waals surface area contributed by atoms with E-state index in [-0.39, 0.29) is 5.60 Å². The van der Waals surface area contributed by atoms with Gasteiger partial charge in [0, 0.05) is 6.54 Å². The summed E-state index contributed by atoms with van der Waals surface area (Å²) in [5.41, 5.74) is 0.00574. The fraction of sp³-hybridized carbons (Fsp3) is 1.00. The van der Waals surface area contributed by atoms with Crippen molar-refractivity contribution in [2.45, 2.75) is 52.7 Å². The topological polar surface area (TPSA) is 21.3 Å². The number of rotatable bonds is 6. The molecule has 0 radical (unpaired) electrons. The van der Waals surface area contributed by atoms with Crippen LogP contribution in [-0.2, 0) is 4.74 Å². The molecule has 0 fully saturated rings. The minimum atomic E-state index is 0.00574. The maximum atomic E-state index is 6.03. The lowest BCUT2D eigenvalue weighted by molar-refractivity contribution is -0.0893. The largest absolute Gasteiger partial charge is 0.371 e. The average Bonchev–Trinajstić information content (AvgIpc) is 2.03. The first-order chi connectivity index (χ1) is 5.93. The molecule has 80 valence electrons. The van der Waals surface area contributed by atoms with Gasteiger partial charge in [0.05, 0.1) is 11.7 Å². The Kier molecular flexibility index (Phi) is 5.57. The third kappa shape index (κ3) is 5.27. The minimum absolute atomic E-state index is 0.00574. The van der Waals surface area contributed by atoms with Crippen LogP contribution in [0.2, 0.25) is 0 Å². The smallest absolute Gasteiger partial charge is 0.0729 e. The first-order valence-corrected chi connectivity index (χ1v) is 5.25. The maximum absolute atomic E-state index is 6.03. The highest BCUT2D eigenvalue weighted by Crippen LogP contribution is 2.19. The van der Waals surface area contributed by atoms with E-state index in [2.05, 4.69) is 39.9 Å². The molecule has 0 amide bonds. The van der Waals surface area contributed by atoms with E-state index in [1.807, 2.05) is 7.05 Å². The predicted molar refractivity (Wildman–Crippen MR) is 58.0 cm³/mol. The molecule has 13 heavy (non-hydrogen) atoms. The quantitative estimate of drug-likeness (QED) is 0.689. The summed E-state index contributed by atoms with van der Waals surface area (Å²) >= 11 is 0. The van der Waals surface area contributed by atoms with Gasteiger partial charge in [0.15, 0.2) is 0 Å². The van der Waals surface area contributed by atoms with Gasteiger partial charge in [-0.2, -0.15) is 0 Å². The van der Waals surface area contributed by atoms with Crippen LogP contribution in [0.15, 0.2) is 0 Å². The summed E-state index contributed by atoms with van der Waals surface area (Å²) in [6, 6.07) is 0. The molecule has 0 aliphatic carbocycles. The van der Waals surface area contributed by atoms with E-state index in [4.69, 9.17) is 4.74 Å². The zero-order valence-corrected chi connectivity index (χ0v) is 9.98. The second-order valence-electron chi connectivity index (χ2n) is 4.57. The van der Waals surface area contributed by atoms with Crippen LogP contribution in [-0.4, -0.2) is 25.3 Å². The molecule has 0 rings (SSSR count). The van der Waals surface area contributed by atoms with E-state index in [9.17, 15) is 0 Å². The van der Waals surface area contributed by atoms with Gasteiger partial charge >= 0.3 is 0 Å². The first kappa shape index (κ1) is 12.9. The molecular formula is C11H25NO. The Bertz CT molecular complexity index is 132. The summed E-state index contributed by atoms with van der Waals surface area (Å²) in [5, 5.41) is 3.17. The Morgan fingerprint density at radius 3 is 2.15 bits per heavy atom. The second kappa shape index (κ2) is 5.61. The average molecular weight is 187 g/mol. The molecule has 1 N–H and O–H groups in total. The van der Waals surface area contributed by atoms with Gasteiger partial charge < -0.3 is 10.1 Å². The highest BCUT2D eigenvalue weighted by Gasteiger charge is 2.23. The summed E-state index contributed by atoms with van der Waals surface area (Å²) < 4.78 is 6.03. The van der Waals surface area contributed by atoms with Gasteiger partial charge in [-0.15, -0.1) is 0 Å². The summed E-state index contributed by atoms with van der Waals surface area (Å²) in [5.74, 6) is 0.568. The lowest BCUT2D eigenvalue weighted by Crippen LogP contribution is -2.38. The van der Waals surface area contributed by atoms with Crippen LogP contribution in [0.3, 0.4) is 0 Å². The van der Waals surface area contributed by atoms with Crippen molar-refractivity contribution in [3.63, 3.8) is 0 Å². The van der Waals surface area contributed by atoms with Crippen molar-refractivity contribution in [1.29, 1.82) is 0 Å². The molecule has 1 unspecified atom stereocenters. The number of ether oxygens (including phenoxy) is 1. The van der Waals surface area contributed by atoms with Crippen molar-refractivity contribution in [3.8, 4) is 0 Å². The monoisotopic (exact) mass is 187 g/mol. The van der Waals surface area contributed by atoms with E-state index >= 15 is 0 Å². The van der Waals surface area contributed by atoms with Gasteiger partial charge in [-0.25, -0.2) is 0 Å². The highest BCUT2D eigenvalue weighted by molar-refractivity contribution is 4.73. The van der Waals surface area contributed by atoms with E-state index in [0.717, 1.165) is 13.0 Å². The lowest BCUT2D eigenvalue weighted by Gasteiger charge is -2.32.